The predicted octanol–water partition coefficient (Wildman–Crippen LogP) is 1.63. The third kappa shape index (κ3) is 3.35. The highest BCUT2D eigenvalue weighted by atomic mass is 16.2. The van der Waals surface area contributed by atoms with Gasteiger partial charge in [0.15, 0.2) is 0 Å². The fraction of sp³-hybridized carbons (Fsp3) is 0.348. The van der Waals surface area contributed by atoms with Crippen LogP contribution in [0.2, 0.25) is 0 Å². The fourth-order valence-corrected chi connectivity index (χ4v) is 4.66. The molecule has 2 aromatic rings. The summed E-state index contributed by atoms with van der Waals surface area (Å²) in [5.41, 5.74) is 10.7. The molecule has 3 heterocycles. The summed E-state index contributed by atoms with van der Waals surface area (Å²) in [5.74, 6) is -0.237. The van der Waals surface area contributed by atoms with E-state index in [1.165, 1.54) is 11.1 Å². The predicted molar refractivity (Wildman–Crippen MR) is 111 cm³/mol. The number of anilines is 1. The molecule has 1 atom stereocenters. The molecule has 154 valence electrons. The summed E-state index contributed by atoms with van der Waals surface area (Å²) in [6, 6.07) is 13.5. The van der Waals surface area contributed by atoms with Crippen molar-refractivity contribution < 1.29 is 14.4 Å². The zero-order valence-corrected chi connectivity index (χ0v) is 16.6. The average molecular weight is 404 g/mol. The summed E-state index contributed by atoms with van der Waals surface area (Å²) in [6.45, 7) is 3.26. The van der Waals surface area contributed by atoms with Crippen LogP contribution in [0.25, 0.3) is 0 Å². The van der Waals surface area contributed by atoms with Crippen LogP contribution >= 0.6 is 0 Å². The number of rotatable bonds is 4. The van der Waals surface area contributed by atoms with Crippen LogP contribution in [0, 0.1) is 0 Å². The van der Waals surface area contributed by atoms with Gasteiger partial charge in [-0.1, -0.05) is 24.3 Å². The van der Waals surface area contributed by atoms with Gasteiger partial charge >= 0.3 is 0 Å². The summed E-state index contributed by atoms with van der Waals surface area (Å²) in [5, 5.41) is 2.34. The Labute approximate surface area is 174 Å². The van der Waals surface area contributed by atoms with Gasteiger partial charge in [-0.3, -0.25) is 24.6 Å². The lowest BCUT2D eigenvalue weighted by molar-refractivity contribution is -0.136. The number of likely N-dealkylation sites (tertiary alicyclic amines) is 1. The number of benzene rings is 2. The van der Waals surface area contributed by atoms with Crippen LogP contribution in [-0.2, 0) is 22.7 Å². The van der Waals surface area contributed by atoms with Crippen molar-refractivity contribution in [3.05, 3.63) is 64.7 Å². The molecule has 30 heavy (non-hydrogen) atoms. The summed E-state index contributed by atoms with van der Waals surface area (Å²) in [4.78, 5) is 40.3. The maximum absolute atomic E-state index is 12.8. The molecule has 3 amide bonds. The lowest BCUT2D eigenvalue weighted by atomic mass is 9.91. The average Bonchev–Trinajstić information content (AvgIpc) is 3.01. The second-order valence-electron chi connectivity index (χ2n) is 8.45. The second kappa shape index (κ2) is 7.25. The first kappa shape index (κ1) is 18.8. The number of hydrogen-bond acceptors (Lipinski definition) is 5. The number of nitrogen functional groups attached to an aromatic ring is 1. The monoisotopic (exact) mass is 404 g/mol. The standard InChI is InChI=1S/C23H24N4O3/c24-18-4-2-15(3-5-18)17-11-26(12-17)10-14-1-6-19-16(9-14)13-27(23(19)30)20-7-8-21(28)25-22(20)29/h1-6,9,17,20H,7-8,10-13,24H2,(H,25,28,29). The number of amides is 3. The highest BCUT2D eigenvalue weighted by molar-refractivity contribution is 6.05. The maximum atomic E-state index is 12.8. The third-order valence-corrected chi connectivity index (χ3v) is 6.36. The molecule has 0 radical (unpaired) electrons. The molecule has 3 aliphatic rings. The highest BCUT2D eigenvalue weighted by Crippen LogP contribution is 2.31. The van der Waals surface area contributed by atoms with Crippen molar-refractivity contribution in [3.8, 4) is 0 Å². The van der Waals surface area contributed by atoms with Crippen molar-refractivity contribution in [2.75, 3.05) is 18.8 Å². The van der Waals surface area contributed by atoms with E-state index in [0.29, 0.717) is 24.4 Å². The molecular formula is C23H24N4O3. The van der Waals surface area contributed by atoms with E-state index in [9.17, 15) is 14.4 Å². The summed E-state index contributed by atoms with van der Waals surface area (Å²) < 4.78 is 0. The van der Waals surface area contributed by atoms with E-state index in [0.717, 1.165) is 30.9 Å². The molecule has 7 heteroatoms. The molecule has 0 bridgehead atoms. The third-order valence-electron chi connectivity index (χ3n) is 6.36. The van der Waals surface area contributed by atoms with E-state index in [1.807, 2.05) is 24.3 Å². The maximum Gasteiger partial charge on any atom is 0.255 e. The minimum atomic E-state index is -0.568. The minimum Gasteiger partial charge on any atom is -0.399 e. The van der Waals surface area contributed by atoms with E-state index in [1.54, 1.807) is 4.90 Å². The summed E-state index contributed by atoms with van der Waals surface area (Å²) in [7, 11) is 0. The van der Waals surface area contributed by atoms with Crippen molar-refractivity contribution in [1.29, 1.82) is 0 Å². The van der Waals surface area contributed by atoms with Gasteiger partial charge in [0, 0.05) is 49.8 Å². The number of carbonyl (C=O) groups is 3. The molecular weight excluding hydrogens is 380 g/mol. The lowest BCUT2D eigenvalue weighted by Crippen LogP contribution is -2.52. The van der Waals surface area contributed by atoms with Crippen LogP contribution in [-0.4, -0.2) is 46.7 Å². The van der Waals surface area contributed by atoms with E-state index in [4.69, 9.17) is 5.73 Å². The Balaban J connectivity index is 1.22. The van der Waals surface area contributed by atoms with Gasteiger partial charge in [0.2, 0.25) is 11.8 Å². The van der Waals surface area contributed by atoms with Crippen LogP contribution in [0.5, 0.6) is 0 Å². The van der Waals surface area contributed by atoms with Crippen LogP contribution < -0.4 is 11.1 Å². The number of fused-ring (bicyclic) bond motifs is 1. The van der Waals surface area contributed by atoms with Gasteiger partial charge in [0.05, 0.1) is 0 Å². The second-order valence-corrected chi connectivity index (χ2v) is 8.45. The van der Waals surface area contributed by atoms with Gasteiger partial charge in [-0.25, -0.2) is 0 Å². The molecule has 3 N–H and O–H groups in total. The van der Waals surface area contributed by atoms with Crippen LogP contribution in [0.15, 0.2) is 42.5 Å². The Bertz CT molecular complexity index is 1030. The number of nitrogens with one attached hydrogen (secondary N) is 1. The lowest BCUT2D eigenvalue weighted by Gasteiger charge is -2.39. The van der Waals surface area contributed by atoms with Crippen LogP contribution in [0.3, 0.4) is 0 Å². The highest BCUT2D eigenvalue weighted by Gasteiger charge is 2.39. The number of carbonyl (C=O) groups excluding carboxylic acids is 3. The van der Waals surface area contributed by atoms with Gasteiger partial charge in [-0.05, 0) is 41.3 Å². The summed E-state index contributed by atoms with van der Waals surface area (Å²) in [6.07, 6.45) is 0.656. The van der Waals surface area contributed by atoms with Crippen LogP contribution in [0.4, 0.5) is 5.69 Å². The van der Waals surface area contributed by atoms with Crippen molar-refractivity contribution >= 4 is 23.4 Å². The molecule has 2 aromatic carbocycles. The quantitative estimate of drug-likeness (QED) is 0.597. The van der Waals surface area contributed by atoms with E-state index in [2.05, 4.69) is 28.4 Å². The molecule has 2 saturated heterocycles. The zero-order valence-electron chi connectivity index (χ0n) is 16.6. The van der Waals surface area contributed by atoms with Crippen LogP contribution in [0.1, 0.15) is 45.8 Å². The number of nitrogens with two attached hydrogens (primary N) is 1. The van der Waals surface area contributed by atoms with E-state index in [-0.39, 0.29) is 24.1 Å². The molecule has 5 rings (SSSR count). The molecule has 1 unspecified atom stereocenters. The normalized spacial score (nSPS) is 22.1. The molecule has 2 fully saturated rings. The van der Waals surface area contributed by atoms with Gasteiger partial charge in [0.25, 0.3) is 5.91 Å². The van der Waals surface area contributed by atoms with Crippen molar-refractivity contribution in [2.45, 2.75) is 37.9 Å². The number of nitrogens with zero attached hydrogens (tertiary/aromatic N) is 2. The zero-order chi connectivity index (χ0) is 20.8. The first-order chi connectivity index (χ1) is 14.5. The Kier molecular flexibility index (Phi) is 4.55. The Morgan fingerprint density at radius 3 is 2.53 bits per heavy atom. The Hall–Kier alpha value is -3.19. The van der Waals surface area contributed by atoms with Gasteiger partial charge in [-0.2, -0.15) is 0 Å². The van der Waals surface area contributed by atoms with E-state index < -0.39 is 6.04 Å². The first-order valence-electron chi connectivity index (χ1n) is 10.3. The van der Waals surface area contributed by atoms with Crippen molar-refractivity contribution in [3.63, 3.8) is 0 Å². The molecule has 0 spiro atoms. The van der Waals surface area contributed by atoms with Gasteiger partial charge in [0.1, 0.15) is 6.04 Å². The Morgan fingerprint density at radius 2 is 1.80 bits per heavy atom. The smallest absolute Gasteiger partial charge is 0.255 e. The molecule has 3 aliphatic heterocycles. The number of hydrogen-bond donors (Lipinski definition) is 2. The molecule has 7 nitrogen and oxygen atoms in total. The summed E-state index contributed by atoms with van der Waals surface area (Å²) >= 11 is 0. The van der Waals surface area contributed by atoms with Crippen molar-refractivity contribution in [2.24, 2.45) is 0 Å². The number of piperidine rings is 1. The van der Waals surface area contributed by atoms with Crippen molar-refractivity contribution in [1.82, 2.24) is 15.1 Å². The number of imide groups is 1. The largest absolute Gasteiger partial charge is 0.399 e. The fourth-order valence-electron chi connectivity index (χ4n) is 4.66. The first-order valence-corrected chi connectivity index (χ1v) is 10.3. The minimum absolute atomic E-state index is 0.126. The molecule has 0 saturated carbocycles. The van der Waals surface area contributed by atoms with Gasteiger partial charge in [-0.15, -0.1) is 0 Å². The molecule has 0 aromatic heterocycles. The SMILES string of the molecule is Nc1ccc(C2CN(Cc3ccc4c(c3)CN(C3CCC(=O)NC3=O)C4=O)C2)cc1. The van der Waals surface area contributed by atoms with E-state index >= 15 is 0 Å². The Morgan fingerprint density at radius 1 is 1.03 bits per heavy atom. The topological polar surface area (TPSA) is 95.7 Å². The van der Waals surface area contributed by atoms with Gasteiger partial charge < -0.3 is 10.6 Å². The molecule has 0 aliphatic carbocycles.